The normalized spacial score (nSPS) is 9.55. The van der Waals surface area contributed by atoms with Crippen LogP contribution in [0.1, 0.15) is 10.4 Å². The zero-order chi connectivity index (χ0) is 8.27. The predicted molar refractivity (Wildman–Crippen MR) is 45.5 cm³/mol. The lowest BCUT2D eigenvalue weighted by atomic mass is 10.3. The van der Waals surface area contributed by atoms with Crippen molar-refractivity contribution in [2.24, 2.45) is 5.73 Å². The number of urea groups is 1. The molecule has 0 aliphatic rings. The fraction of sp³-hybridized carbons (Fsp3) is 0.286. The van der Waals surface area contributed by atoms with Crippen molar-refractivity contribution in [3.63, 3.8) is 0 Å². The van der Waals surface area contributed by atoms with Crippen LogP contribution in [0.4, 0.5) is 4.79 Å². The Labute approximate surface area is 69.2 Å². The van der Waals surface area contributed by atoms with Crippen LogP contribution in [0.3, 0.4) is 0 Å². The summed E-state index contributed by atoms with van der Waals surface area (Å²) >= 11 is 1.62. The third-order valence-electron chi connectivity index (χ3n) is 1.39. The maximum atomic E-state index is 10.3. The quantitative estimate of drug-likeness (QED) is 0.689. The highest BCUT2D eigenvalue weighted by atomic mass is 32.1. The van der Waals surface area contributed by atoms with Crippen LogP contribution in [0.5, 0.6) is 0 Å². The molecule has 0 unspecified atom stereocenters. The summed E-state index contributed by atoms with van der Waals surface area (Å²) in [6.07, 6.45) is 0. The molecule has 1 aromatic heterocycles. The maximum absolute atomic E-state index is 10.3. The molecule has 0 fully saturated rings. The Bertz CT molecular complexity index is 257. The van der Waals surface area contributed by atoms with Crippen molar-refractivity contribution in [2.45, 2.75) is 13.5 Å². The van der Waals surface area contributed by atoms with E-state index in [1.165, 1.54) is 5.56 Å². The standard InChI is InChI=1S/C7H10N2OS/c1-5-2-3-11-6(5)4-9-7(8)10/h2-3H,4H2,1H3,(H3,8,9,10). The lowest BCUT2D eigenvalue weighted by Crippen LogP contribution is -2.28. The van der Waals surface area contributed by atoms with Gasteiger partial charge in [-0.15, -0.1) is 11.3 Å². The van der Waals surface area contributed by atoms with Crippen LogP contribution >= 0.6 is 11.3 Å². The second-order valence-electron chi connectivity index (χ2n) is 2.24. The van der Waals surface area contributed by atoms with E-state index < -0.39 is 6.03 Å². The van der Waals surface area contributed by atoms with Crippen molar-refractivity contribution < 1.29 is 4.79 Å². The topological polar surface area (TPSA) is 55.1 Å². The molecule has 60 valence electrons. The number of carbonyl (C=O) groups is 1. The molecule has 0 spiro atoms. The summed E-state index contributed by atoms with van der Waals surface area (Å²) in [6, 6.07) is 1.54. The van der Waals surface area contributed by atoms with Crippen molar-refractivity contribution in [1.82, 2.24) is 5.32 Å². The molecule has 0 saturated carbocycles. The monoisotopic (exact) mass is 170 g/mol. The van der Waals surface area contributed by atoms with Crippen LogP contribution in [0.25, 0.3) is 0 Å². The molecule has 0 atom stereocenters. The summed E-state index contributed by atoms with van der Waals surface area (Å²) in [7, 11) is 0. The minimum Gasteiger partial charge on any atom is -0.352 e. The molecule has 0 aromatic carbocycles. The smallest absolute Gasteiger partial charge is 0.312 e. The Morgan fingerprint density at radius 1 is 1.82 bits per heavy atom. The average molecular weight is 170 g/mol. The van der Waals surface area contributed by atoms with Crippen LogP contribution in [-0.4, -0.2) is 6.03 Å². The van der Waals surface area contributed by atoms with E-state index in [0.29, 0.717) is 6.54 Å². The molecule has 1 rings (SSSR count). The molecule has 3 N–H and O–H groups in total. The highest BCUT2D eigenvalue weighted by molar-refractivity contribution is 7.10. The number of aryl methyl sites for hydroxylation is 1. The molecule has 0 saturated heterocycles. The van der Waals surface area contributed by atoms with E-state index in [1.807, 2.05) is 18.4 Å². The van der Waals surface area contributed by atoms with Gasteiger partial charge in [0.1, 0.15) is 0 Å². The number of carbonyl (C=O) groups excluding carboxylic acids is 1. The first-order valence-electron chi connectivity index (χ1n) is 3.26. The minimum absolute atomic E-state index is 0.474. The summed E-state index contributed by atoms with van der Waals surface area (Å²) in [5.74, 6) is 0. The van der Waals surface area contributed by atoms with Crippen molar-refractivity contribution in [2.75, 3.05) is 0 Å². The first kappa shape index (κ1) is 8.07. The minimum atomic E-state index is -0.474. The number of rotatable bonds is 2. The Hall–Kier alpha value is -1.03. The molecule has 0 radical (unpaired) electrons. The molecular formula is C7H10N2OS. The largest absolute Gasteiger partial charge is 0.352 e. The maximum Gasteiger partial charge on any atom is 0.312 e. The SMILES string of the molecule is Cc1ccsc1CNC(N)=O. The molecule has 3 nitrogen and oxygen atoms in total. The number of primary amides is 1. The first-order chi connectivity index (χ1) is 5.20. The summed E-state index contributed by atoms with van der Waals surface area (Å²) in [6.45, 7) is 2.55. The molecule has 11 heavy (non-hydrogen) atoms. The van der Waals surface area contributed by atoms with Crippen LogP contribution in [0, 0.1) is 6.92 Å². The molecule has 2 amide bonds. The summed E-state index contributed by atoms with van der Waals surface area (Å²) in [4.78, 5) is 11.5. The van der Waals surface area contributed by atoms with E-state index in [-0.39, 0.29) is 0 Å². The van der Waals surface area contributed by atoms with Crippen LogP contribution < -0.4 is 11.1 Å². The second kappa shape index (κ2) is 3.39. The Morgan fingerprint density at radius 2 is 2.55 bits per heavy atom. The molecule has 0 bridgehead atoms. The van der Waals surface area contributed by atoms with Crippen molar-refractivity contribution in [1.29, 1.82) is 0 Å². The molecular weight excluding hydrogens is 160 g/mol. The highest BCUT2D eigenvalue weighted by Gasteiger charge is 1.99. The fourth-order valence-electron chi connectivity index (χ4n) is 0.753. The van der Waals surface area contributed by atoms with Crippen LogP contribution in [-0.2, 0) is 6.54 Å². The second-order valence-corrected chi connectivity index (χ2v) is 3.25. The number of hydrogen-bond donors (Lipinski definition) is 2. The van der Waals surface area contributed by atoms with Crippen LogP contribution in [0.15, 0.2) is 11.4 Å². The Kier molecular flexibility index (Phi) is 2.48. The van der Waals surface area contributed by atoms with Gasteiger partial charge in [-0.2, -0.15) is 0 Å². The van der Waals surface area contributed by atoms with Gasteiger partial charge >= 0.3 is 6.03 Å². The lowest BCUT2D eigenvalue weighted by molar-refractivity contribution is 0.248. The number of thiophene rings is 1. The van der Waals surface area contributed by atoms with Crippen LogP contribution in [0.2, 0.25) is 0 Å². The average Bonchev–Trinajstić information content (AvgIpc) is 2.31. The molecule has 1 heterocycles. The van der Waals surface area contributed by atoms with E-state index in [0.717, 1.165) is 4.88 Å². The van der Waals surface area contributed by atoms with E-state index in [1.54, 1.807) is 11.3 Å². The van der Waals surface area contributed by atoms with Gasteiger partial charge in [-0.05, 0) is 23.9 Å². The van der Waals surface area contributed by atoms with E-state index in [9.17, 15) is 4.79 Å². The van der Waals surface area contributed by atoms with Gasteiger partial charge in [-0.25, -0.2) is 4.79 Å². The van der Waals surface area contributed by atoms with Gasteiger partial charge in [-0.3, -0.25) is 0 Å². The summed E-state index contributed by atoms with van der Waals surface area (Å²) in [5, 5.41) is 4.53. The third-order valence-corrected chi connectivity index (χ3v) is 2.41. The highest BCUT2D eigenvalue weighted by Crippen LogP contribution is 2.14. The third kappa shape index (κ3) is 2.23. The number of amides is 2. The Balaban J connectivity index is 2.51. The van der Waals surface area contributed by atoms with Gasteiger partial charge in [0.15, 0.2) is 0 Å². The molecule has 1 aromatic rings. The van der Waals surface area contributed by atoms with Crippen molar-refractivity contribution in [3.05, 3.63) is 21.9 Å². The van der Waals surface area contributed by atoms with Gasteiger partial charge in [0, 0.05) is 4.88 Å². The summed E-state index contributed by atoms with van der Waals surface area (Å²) < 4.78 is 0. The zero-order valence-corrected chi connectivity index (χ0v) is 7.07. The van der Waals surface area contributed by atoms with Gasteiger partial charge < -0.3 is 11.1 Å². The molecule has 0 aliphatic carbocycles. The first-order valence-corrected chi connectivity index (χ1v) is 4.14. The zero-order valence-electron chi connectivity index (χ0n) is 6.26. The van der Waals surface area contributed by atoms with Gasteiger partial charge in [-0.1, -0.05) is 0 Å². The van der Waals surface area contributed by atoms with Crippen molar-refractivity contribution in [3.8, 4) is 0 Å². The van der Waals surface area contributed by atoms with Gasteiger partial charge in [0.25, 0.3) is 0 Å². The number of nitrogens with two attached hydrogens (primary N) is 1. The fourth-order valence-corrected chi connectivity index (χ4v) is 1.60. The molecule has 0 aliphatic heterocycles. The van der Waals surface area contributed by atoms with E-state index in [2.05, 4.69) is 5.32 Å². The van der Waals surface area contributed by atoms with Crippen molar-refractivity contribution >= 4 is 17.4 Å². The number of hydrogen-bond acceptors (Lipinski definition) is 2. The van der Waals surface area contributed by atoms with E-state index >= 15 is 0 Å². The van der Waals surface area contributed by atoms with Gasteiger partial charge in [0.2, 0.25) is 0 Å². The van der Waals surface area contributed by atoms with Gasteiger partial charge in [0.05, 0.1) is 6.54 Å². The molecule has 4 heteroatoms. The number of nitrogens with one attached hydrogen (secondary N) is 1. The Morgan fingerprint density at radius 3 is 3.00 bits per heavy atom. The lowest BCUT2D eigenvalue weighted by Gasteiger charge is -1.98. The predicted octanol–water partition coefficient (Wildman–Crippen LogP) is 1.22. The summed E-state index contributed by atoms with van der Waals surface area (Å²) in [5.41, 5.74) is 6.11. The van der Waals surface area contributed by atoms with E-state index in [4.69, 9.17) is 5.73 Å².